The molecular weight excluding hydrogens is 217 g/mol. The highest BCUT2D eigenvalue weighted by Crippen LogP contribution is 2.19. The van der Waals surface area contributed by atoms with Crippen molar-refractivity contribution >= 4 is 17.7 Å². The maximum Gasteiger partial charge on any atom is 0.330 e. The molecule has 0 amide bonds. The van der Waals surface area contributed by atoms with Crippen molar-refractivity contribution in [2.45, 2.75) is 0 Å². The average molecular weight is 225 g/mol. The van der Waals surface area contributed by atoms with Crippen molar-refractivity contribution in [1.82, 2.24) is 0 Å². The van der Waals surface area contributed by atoms with Gasteiger partial charge in [0, 0.05) is 12.1 Å². The fourth-order valence-electron chi connectivity index (χ4n) is 1.01. The molecule has 16 heavy (non-hydrogen) atoms. The van der Waals surface area contributed by atoms with E-state index in [1.165, 1.54) is 19.3 Å². The van der Waals surface area contributed by atoms with Gasteiger partial charge in [0.2, 0.25) is 5.82 Å². The lowest BCUT2D eigenvalue weighted by Crippen LogP contribution is -1.94. The second-order valence-electron chi connectivity index (χ2n) is 2.82. The summed E-state index contributed by atoms with van der Waals surface area (Å²) >= 11 is 0. The Hall–Kier alpha value is -2.24. The fraction of sp³-hybridized carbons (Fsp3) is 0.100. The Morgan fingerprint density at radius 2 is 2.25 bits per heavy atom. The molecule has 0 aliphatic heterocycles. The summed E-state index contributed by atoms with van der Waals surface area (Å²) in [5.74, 6) is -1.51. The molecule has 1 rings (SSSR count). The van der Waals surface area contributed by atoms with Gasteiger partial charge in [-0.25, -0.2) is 4.79 Å². The molecule has 0 saturated heterocycles. The van der Waals surface area contributed by atoms with Crippen molar-refractivity contribution in [1.29, 1.82) is 0 Å². The van der Waals surface area contributed by atoms with Crippen LogP contribution in [0.15, 0.2) is 24.3 Å². The lowest BCUT2D eigenvalue weighted by molar-refractivity contribution is -0.387. The maximum absolute atomic E-state index is 12.9. The number of nitrogens with zero attached hydrogens (tertiary/aromatic N) is 1. The summed E-state index contributed by atoms with van der Waals surface area (Å²) in [4.78, 5) is 20.3. The average Bonchev–Trinajstić information content (AvgIpc) is 2.27. The van der Waals surface area contributed by atoms with Crippen LogP contribution in [0.3, 0.4) is 0 Å². The normalized spacial score (nSPS) is 10.4. The predicted molar refractivity (Wildman–Crippen MR) is 54.1 cm³/mol. The molecule has 0 unspecified atom stereocenters. The van der Waals surface area contributed by atoms with Crippen LogP contribution in [0.5, 0.6) is 0 Å². The van der Waals surface area contributed by atoms with Gasteiger partial charge in [-0.3, -0.25) is 10.1 Å². The number of rotatable bonds is 3. The molecule has 0 heterocycles. The van der Waals surface area contributed by atoms with Gasteiger partial charge in [-0.05, 0) is 17.7 Å². The Kier molecular flexibility index (Phi) is 3.71. The van der Waals surface area contributed by atoms with Crippen molar-refractivity contribution in [2.24, 2.45) is 0 Å². The number of methoxy groups -OCH3 is 1. The molecular formula is C10H8FNO4. The number of nitro groups is 1. The Balaban J connectivity index is 2.99. The summed E-state index contributed by atoms with van der Waals surface area (Å²) in [5, 5.41) is 10.4. The predicted octanol–water partition coefficient (Wildman–Crippen LogP) is 1.92. The fourth-order valence-corrected chi connectivity index (χ4v) is 1.01. The Morgan fingerprint density at radius 1 is 1.56 bits per heavy atom. The zero-order valence-corrected chi connectivity index (χ0v) is 8.34. The van der Waals surface area contributed by atoms with Gasteiger partial charge in [0.1, 0.15) is 0 Å². The minimum absolute atomic E-state index is 0.346. The first-order chi connectivity index (χ1) is 7.54. The summed E-state index contributed by atoms with van der Waals surface area (Å²) < 4.78 is 17.3. The van der Waals surface area contributed by atoms with Gasteiger partial charge >= 0.3 is 11.7 Å². The Morgan fingerprint density at radius 3 is 2.81 bits per heavy atom. The van der Waals surface area contributed by atoms with E-state index in [1.54, 1.807) is 0 Å². The molecule has 6 heteroatoms. The largest absolute Gasteiger partial charge is 0.466 e. The van der Waals surface area contributed by atoms with E-state index >= 15 is 0 Å². The molecule has 0 saturated carbocycles. The van der Waals surface area contributed by atoms with E-state index in [9.17, 15) is 19.3 Å². The number of hydrogen-bond acceptors (Lipinski definition) is 4. The third kappa shape index (κ3) is 2.88. The highest BCUT2D eigenvalue weighted by molar-refractivity contribution is 5.87. The standard InChI is InChI=1S/C10H8FNO4/c1-16-10(13)5-3-7-2-4-8(11)9(6-7)12(14)15/h2-6H,1H3. The van der Waals surface area contributed by atoms with Crippen molar-refractivity contribution in [2.75, 3.05) is 7.11 Å². The molecule has 5 nitrogen and oxygen atoms in total. The maximum atomic E-state index is 12.9. The van der Waals surface area contributed by atoms with E-state index in [1.807, 2.05) is 0 Å². The van der Waals surface area contributed by atoms with E-state index < -0.39 is 22.4 Å². The highest BCUT2D eigenvalue weighted by Gasteiger charge is 2.13. The number of benzene rings is 1. The van der Waals surface area contributed by atoms with Gasteiger partial charge < -0.3 is 4.74 Å². The first kappa shape index (κ1) is 11.8. The molecule has 0 aliphatic carbocycles. The molecule has 0 aromatic heterocycles. The number of esters is 1. The van der Waals surface area contributed by atoms with E-state index in [2.05, 4.69) is 4.74 Å². The van der Waals surface area contributed by atoms with Gasteiger partial charge in [0.05, 0.1) is 12.0 Å². The van der Waals surface area contributed by atoms with Crippen LogP contribution in [0.1, 0.15) is 5.56 Å². The van der Waals surface area contributed by atoms with E-state index in [0.29, 0.717) is 5.56 Å². The summed E-state index contributed by atoms with van der Waals surface area (Å²) in [6, 6.07) is 3.33. The second-order valence-corrected chi connectivity index (χ2v) is 2.82. The number of hydrogen-bond donors (Lipinski definition) is 0. The smallest absolute Gasteiger partial charge is 0.330 e. The molecule has 0 spiro atoms. The number of carbonyl (C=O) groups is 1. The van der Waals surface area contributed by atoms with Gasteiger partial charge in [-0.1, -0.05) is 6.07 Å². The van der Waals surface area contributed by atoms with Crippen LogP contribution in [-0.4, -0.2) is 18.0 Å². The summed E-state index contributed by atoms with van der Waals surface area (Å²) in [6.45, 7) is 0. The minimum Gasteiger partial charge on any atom is -0.466 e. The molecule has 0 radical (unpaired) electrons. The minimum atomic E-state index is -0.916. The van der Waals surface area contributed by atoms with Crippen LogP contribution >= 0.6 is 0 Å². The van der Waals surface area contributed by atoms with E-state index in [-0.39, 0.29) is 0 Å². The zero-order chi connectivity index (χ0) is 12.1. The SMILES string of the molecule is COC(=O)C=Cc1ccc(F)c([N+](=O)[O-])c1. The number of nitro benzene ring substituents is 1. The van der Waals surface area contributed by atoms with Gasteiger partial charge in [0.25, 0.3) is 0 Å². The van der Waals surface area contributed by atoms with Crippen LogP contribution < -0.4 is 0 Å². The lowest BCUT2D eigenvalue weighted by Gasteiger charge is -1.96. The van der Waals surface area contributed by atoms with Crippen LogP contribution in [-0.2, 0) is 9.53 Å². The topological polar surface area (TPSA) is 69.4 Å². The summed E-state index contributed by atoms with van der Waals surface area (Å²) in [7, 11) is 1.21. The van der Waals surface area contributed by atoms with Crippen molar-refractivity contribution in [3.63, 3.8) is 0 Å². The first-order valence-corrected chi connectivity index (χ1v) is 4.24. The van der Waals surface area contributed by atoms with Crippen LogP contribution in [0.2, 0.25) is 0 Å². The number of ether oxygens (including phenoxy) is 1. The molecule has 0 bridgehead atoms. The molecule has 1 aromatic rings. The van der Waals surface area contributed by atoms with Gasteiger partial charge in [-0.2, -0.15) is 4.39 Å². The van der Waals surface area contributed by atoms with Gasteiger partial charge in [0.15, 0.2) is 0 Å². The lowest BCUT2D eigenvalue weighted by atomic mass is 10.2. The Labute approximate surface area is 90.3 Å². The molecule has 0 atom stereocenters. The number of carbonyl (C=O) groups excluding carboxylic acids is 1. The summed E-state index contributed by atoms with van der Waals surface area (Å²) in [6.07, 6.45) is 2.40. The van der Waals surface area contributed by atoms with Crippen molar-refractivity contribution < 1.29 is 18.8 Å². The van der Waals surface area contributed by atoms with Crippen molar-refractivity contribution in [3.05, 3.63) is 45.8 Å². The van der Waals surface area contributed by atoms with Crippen LogP contribution in [0.4, 0.5) is 10.1 Å². The molecule has 1 aromatic carbocycles. The van der Waals surface area contributed by atoms with Crippen LogP contribution in [0, 0.1) is 15.9 Å². The van der Waals surface area contributed by atoms with E-state index in [0.717, 1.165) is 18.2 Å². The van der Waals surface area contributed by atoms with Crippen molar-refractivity contribution in [3.8, 4) is 0 Å². The summed E-state index contributed by atoms with van der Waals surface area (Å²) in [5.41, 5.74) is -0.287. The van der Waals surface area contributed by atoms with Crippen LogP contribution in [0.25, 0.3) is 6.08 Å². The first-order valence-electron chi connectivity index (χ1n) is 4.24. The quantitative estimate of drug-likeness (QED) is 0.341. The third-order valence-corrected chi connectivity index (χ3v) is 1.78. The monoisotopic (exact) mass is 225 g/mol. The Bertz CT molecular complexity index is 456. The van der Waals surface area contributed by atoms with Gasteiger partial charge in [-0.15, -0.1) is 0 Å². The second kappa shape index (κ2) is 5.01. The molecule has 84 valence electrons. The highest BCUT2D eigenvalue weighted by atomic mass is 19.1. The molecule has 0 fully saturated rings. The van der Waals surface area contributed by atoms with E-state index in [4.69, 9.17) is 0 Å². The number of halogens is 1. The third-order valence-electron chi connectivity index (χ3n) is 1.78. The molecule has 0 aliphatic rings. The zero-order valence-electron chi connectivity index (χ0n) is 8.34. The molecule has 0 N–H and O–H groups in total.